The highest BCUT2D eigenvalue weighted by Crippen LogP contribution is 2.49. The first-order valence-electron chi connectivity index (χ1n) is 12.0. The Morgan fingerprint density at radius 3 is 1.70 bits per heavy atom. The van der Waals surface area contributed by atoms with E-state index in [9.17, 15) is 9.59 Å². The lowest BCUT2D eigenvalue weighted by molar-refractivity contribution is 0.0479. The van der Waals surface area contributed by atoms with Crippen LogP contribution in [-0.4, -0.2) is 30.1 Å². The smallest absolute Gasteiger partial charge is 0.358 e. The Labute approximate surface area is 225 Å². The second-order valence-corrected chi connectivity index (χ2v) is 10.0. The van der Waals surface area contributed by atoms with Gasteiger partial charge in [0.05, 0.1) is 18.0 Å². The molecule has 37 heavy (non-hydrogen) atoms. The maximum atomic E-state index is 12.5. The first-order valence-corrected chi connectivity index (χ1v) is 13.7. The Kier molecular flexibility index (Phi) is 8.93. The number of ether oxygens (including phenoxy) is 2. The third-order valence-corrected chi connectivity index (χ3v) is 7.90. The van der Waals surface area contributed by atoms with Crippen molar-refractivity contribution < 1.29 is 19.1 Å². The summed E-state index contributed by atoms with van der Waals surface area (Å²) in [6.45, 7) is 3.82. The summed E-state index contributed by atoms with van der Waals surface area (Å²) >= 11 is 2.74. The molecular formula is C30H27NO4S2. The van der Waals surface area contributed by atoms with Gasteiger partial charge in [-0.3, -0.25) is 0 Å². The molecule has 0 radical (unpaired) electrons. The average Bonchev–Trinajstić information content (AvgIpc) is 3.38. The summed E-state index contributed by atoms with van der Waals surface area (Å²) < 4.78 is 9.71. The van der Waals surface area contributed by atoms with Crippen molar-refractivity contribution in [1.29, 1.82) is 0 Å². The molecule has 0 saturated carbocycles. The van der Waals surface area contributed by atoms with E-state index >= 15 is 0 Å². The van der Waals surface area contributed by atoms with E-state index < -0.39 is 16.7 Å². The van der Waals surface area contributed by atoms with Gasteiger partial charge < -0.3 is 9.47 Å². The molecule has 0 saturated heterocycles. The van der Waals surface area contributed by atoms with Gasteiger partial charge in [-0.25, -0.2) is 14.6 Å². The van der Waals surface area contributed by atoms with Crippen molar-refractivity contribution in [3.63, 3.8) is 0 Å². The Morgan fingerprint density at radius 1 is 0.784 bits per heavy atom. The number of benzene rings is 3. The number of esters is 2. The third kappa shape index (κ3) is 5.84. The first kappa shape index (κ1) is 26.4. The van der Waals surface area contributed by atoms with Crippen LogP contribution in [0.4, 0.5) is 0 Å². The van der Waals surface area contributed by atoms with Crippen LogP contribution in [-0.2, 0) is 14.2 Å². The molecule has 4 rings (SSSR count). The van der Waals surface area contributed by atoms with Gasteiger partial charge in [0.2, 0.25) is 0 Å². The minimum Gasteiger partial charge on any atom is -0.462 e. The van der Waals surface area contributed by atoms with Crippen LogP contribution in [0, 0.1) is 0 Å². The second-order valence-electron chi connectivity index (χ2n) is 7.87. The van der Waals surface area contributed by atoms with Crippen LogP contribution in [0.15, 0.2) is 96.4 Å². The predicted octanol–water partition coefficient (Wildman–Crippen LogP) is 7.19. The summed E-state index contributed by atoms with van der Waals surface area (Å²) in [6, 6.07) is 31.0. The molecule has 1 heterocycles. The highest BCUT2D eigenvalue weighted by molar-refractivity contribution is 8.03. The largest absolute Gasteiger partial charge is 0.462 e. The predicted molar refractivity (Wildman–Crippen MR) is 150 cm³/mol. The van der Waals surface area contributed by atoms with Crippen LogP contribution in [0.2, 0.25) is 0 Å². The van der Waals surface area contributed by atoms with Crippen molar-refractivity contribution >= 4 is 41.1 Å². The lowest BCUT2D eigenvalue weighted by atomic mass is 9.84. The van der Waals surface area contributed by atoms with Gasteiger partial charge in [-0.1, -0.05) is 91.0 Å². The van der Waals surface area contributed by atoms with Gasteiger partial charge in [0.1, 0.15) is 9.88 Å². The minimum atomic E-state index is -0.638. The van der Waals surface area contributed by atoms with Gasteiger partial charge in [0.15, 0.2) is 5.69 Å². The van der Waals surface area contributed by atoms with E-state index in [2.05, 4.69) is 41.4 Å². The van der Waals surface area contributed by atoms with E-state index in [0.29, 0.717) is 5.01 Å². The number of nitrogens with zero attached hydrogens (tertiary/aromatic N) is 1. The van der Waals surface area contributed by atoms with Crippen molar-refractivity contribution in [2.24, 2.45) is 0 Å². The SMILES string of the molecule is CCOC(=O)c1nc(C=CSC(c2ccccc2)(c2ccccc2)c2ccccc2)sc1C(=O)OCC. The summed E-state index contributed by atoms with van der Waals surface area (Å²) in [7, 11) is 0. The molecule has 0 fully saturated rings. The zero-order chi connectivity index (χ0) is 26.1. The molecule has 0 N–H and O–H groups in total. The highest BCUT2D eigenvalue weighted by atomic mass is 32.2. The molecule has 0 bridgehead atoms. The van der Waals surface area contributed by atoms with Gasteiger partial charge in [0.25, 0.3) is 0 Å². The minimum absolute atomic E-state index is 0.0182. The van der Waals surface area contributed by atoms with Gasteiger partial charge >= 0.3 is 11.9 Å². The van der Waals surface area contributed by atoms with Crippen molar-refractivity contribution in [2.75, 3.05) is 13.2 Å². The number of thioether (sulfide) groups is 1. The molecule has 5 nitrogen and oxygen atoms in total. The van der Waals surface area contributed by atoms with Crippen LogP contribution in [0.5, 0.6) is 0 Å². The summed E-state index contributed by atoms with van der Waals surface area (Å²) in [5.41, 5.74) is 3.36. The van der Waals surface area contributed by atoms with Crippen molar-refractivity contribution in [3.05, 3.63) is 129 Å². The van der Waals surface area contributed by atoms with Crippen molar-refractivity contribution in [3.8, 4) is 0 Å². The van der Waals surface area contributed by atoms with Crippen molar-refractivity contribution in [1.82, 2.24) is 4.98 Å². The molecule has 4 aromatic rings. The van der Waals surface area contributed by atoms with Crippen LogP contribution in [0.1, 0.15) is 55.7 Å². The summed E-state index contributed by atoms with van der Waals surface area (Å²) in [5.74, 6) is -1.22. The van der Waals surface area contributed by atoms with E-state index in [1.165, 1.54) is 0 Å². The van der Waals surface area contributed by atoms with E-state index in [-0.39, 0.29) is 23.8 Å². The van der Waals surface area contributed by atoms with E-state index in [0.717, 1.165) is 28.0 Å². The third-order valence-electron chi connectivity index (χ3n) is 5.57. The first-order chi connectivity index (χ1) is 18.1. The molecular weight excluding hydrogens is 502 g/mol. The number of rotatable bonds is 10. The van der Waals surface area contributed by atoms with Gasteiger partial charge in [-0.05, 0) is 42.0 Å². The molecule has 0 aliphatic heterocycles. The zero-order valence-corrected chi connectivity index (χ0v) is 22.3. The molecule has 0 spiro atoms. The standard InChI is InChI=1S/C30H27NO4S2/c1-3-34-28(32)26-27(29(33)35-4-2)37-25(31-26)20-21-36-30(22-14-8-5-9-15-22,23-16-10-6-11-17-23)24-18-12-7-13-19-24/h5-21H,3-4H2,1-2H3. The maximum Gasteiger partial charge on any atom is 0.358 e. The normalized spacial score (nSPS) is 11.4. The fourth-order valence-corrected chi connectivity index (χ4v) is 6.15. The number of aromatic nitrogens is 1. The van der Waals surface area contributed by atoms with E-state index in [1.54, 1.807) is 25.6 Å². The van der Waals surface area contributed by atoms with E-state index in [4.69, 9.17) is 9.47 Å². The number of hydrogen-bond acceptors (Lipinski definition) is 7. The molecule has 7 heteroatoms. The Balaban J connectivity index is 1.78. The fourth-order valence-electron chi connectivity index (χ4n) is 4.00. The van der Waals surface area contributed by atoms with Gasteiger partial charge in [-0.15, -0.1) is 23.1 Å². The number of carbonyl (C=O) groups is 2. The van der Waals surface area contributed by atoms with Crippen LogP contribution < -0.4 is 0 Å². The van der Waals surface area contributed by atoms with Gasteiger partial charge in [-0.2, -0.15) is 0 Å². The molecule has 0 unspecified atom stereocenters. The second kappa shape index (κ2) is 12.5. The number of thiazole rings is 1. The molecule has 0 amide bonds. The molecule has 188 valence electrons. The summed E-state index contributed by atoms with van der Waals surface area (Å²) in [5, 5.41) is 2.48. The maximum absolute atomic E-state index is 12.5. The molecule has 0 aliphatic carbocycles. The molecule has 1 aromatic heterocycles. The lowest BCUT2D eigenvalue weighted by Gasteiger charge is -2.34. The van der Waals surface area contributed by atoms with Gasteiger partial charge in [0, 0.05) is 0 Å². The number of carbonyl (C=O) groups excluding carboxylic acids is 2. The summed E-state index contributed by atoms with van der Waals surface area (Å²) in [4.78, 5) is 29.5. The van der Waals surface area contributed by atoms with E-state index in [1.807, 2.05) is 66.1 Å². The fraction of sp³-hybridized carbons (Fsp3) is 0.167. The average molecular weight is 530 g/mol. The van der Waals surface area contributed by atoms with Crippen LogP contribution in [0.3, 0.4) is 0 Å². The zero-order valence-electron chi connectivity index (χ0n) is 20.6. The van der Waals surface area contributed by atoms with Crippen molar-refractivity contribution in [2.45, 2.75) is 18.6 Å². The quantitative estimate of drug-likeness (QED) is 0.160. The molecule has 3 aromatic carbocycles. The molecule has 0 aliphatic rings. The summed E-state index contributed by atoms with van der Waals surface area (Å²) in [6.07, 6.45) is 1.82. The Morgan fingerprint density at radius 2 is 1.24 bits per heavy atom. The number of hydrogen-bond donors (Lipinski definition) is 0. The highest BCUT2D eigenvalue weighted by Gasteiger charge is 2.36. The lowest BCUT2D eigenvalue weighted by Crippen LogP contribution is -2.24. The molecule has 0 atom stereocenters. The van der Waals surface area contributed by atoms with Crippen LogP contribution >= 0.6 is 23.1 Å². The topological polar surface area (TPSA) is 65.5 Å². The monoisotopic (exact) mass is 529 g/mol. The Hall–Kier alpha value is -3.68. The Bertz CT molecular complexity index is 1220. The van der Waals surface area contributed by atoms with Crippen LogP contribution in [0.25, 0.3) is 6.08 Å².